The van der Waals surface area contributed by atoms with Gasteiger partial charge in [0, 0.05) is 10.9 Å². The second kappa shape index (κ2) is 6.90. The van der Waals surface area contributed by atoms with Gasteiger partial charge in [-0.2, -0.15) is 0 Å². The number of hydrogen-bond acceptors (Lipinski definition) is 4. The number of fused-ring (bicyclic) bond motifs is 4. The van der Waals surface area contributed by atoms with Crippen molar-refractivity contribution in [1.29, 1.82) is 0 Å². The van der Waals surface area contributed by atoms with Crippen LogP contribution >= 0.6 is 0 Å². The van der Waals surface area contributed by atoms with Gasteiger partial charge in [-0.15, -0.1) is 0 Å². The average molecular weight is 388 g/mol. The first-order valence-electron chi connectivity index (χ1n) is 9.83. The molecule has 0 radical (unpaired) electrons. The van der Waals surface area contributed by atoms with Gasteiger partial charge in [0.05, 0.1) is 26.3 Å². The number of likely N-dealkylation sites (N-methyl/N-ethyl adjacent to an activating group) is 1. The maximum Gasteiger partial charge on any atom is 0.306 e. The zero-order chi connectivity index (χ0) is 20.0. The van der Waals surface area contributed by atoms with E-state index in [9.17, 15) is 0 Å². The van der Waals surface area contributed by atoms with Gasteiger partial charge in [-0.3, -0.25) is 0 Å². The molecule has 0 unspecified atom stereocenters. The number of nitrogens with zero attached hydrogens (tertiary/aromatic N) is 2. The first-order valence-corrected chi connectivity index (χ1v) is 9.83. The minimum Gasteiger partial charge on any atom is -0.468 e. The minimum atomic E-state index is -0.167. The molecule has 2 aromatic carbocycles. The smallest absolute Gasteiger partial charge is 0.306 e. The van der Waals surface area contributed by atoms with Gasteiger partial charge in [0.25, 0.3) is 0 Å². The standard InChI is InChI=1S/C23H22N4O2/c1-26(2)11-12-27-14-25-23-20(22(27)24)19(18-8-5-13-28-18)17-10-9-15-6-3-4-7-16(15)21(17)29-23/h3-10,13-14,19,24H,11-12H2,1-2H3/p+2/t19-/m0/s1. The fraction of sp³-hybridized carbons (Fsp3) is 0.217. The fourth-order valence-corrected chi connectivity index (χ4v) is 4.00. The molecule has 0 bridgehead atoms. The first kappa shape index (κ1) is 17.7. The number of ether oxygens (including phenoxy) is 1. The SMILES string of the molecule is C[NH+](C)CC[n+]1cnc2c(c1N)[C@H](c1ccco1)c1ccc3ccccc3c1O2. The van der Waals surface area contributed by atoms with E-state index in [1.54, 1.807) is 12.6 Å². The maximum atomic E-state index is 6.65. The van der Waals surface area contributed by atoms with Crippen molar-refractivity contribution < 1.29 is 18.6 Å². The van der Waals surface area contributed by atoms with Crippen LogP contribution in [0.1, 0.15) is 22.8 Å². The Kier molecular flexibility index (Phi) is 4.21. The number of hydrogen-bond donors (Lipinski definition) is 2. The molecule has 3 heterocycles. The predicted molar refractivity (Wildman–Crippen MR) is 110 cm³/mol. The number of nitrogen functional groups attached to an aromatic ring is 1. The molecule has 1 aliphatic heterocycles. The summed E-state index contributed by atoms with van der Waals surface area (Å²) in [5, 5.41) is 2.18. The Morgan fingerprint density at radius 1 is 1.10 bits per heavy atom. The number of anilines is 1. The zero-order valence-corrected chi connectivity index (χ0v) is 16.6. The van der Waals surface area contributed by atoms with Gasteiger partial charge in [-0.05, 0) is 17.5 Å². The zero-order valence-electron chi connectivity index (χ0n) is 16.6. The Hall–Kier alpha value is -3.38. The highest BCUT2D eigenvalue weighted by Crippen LogP contribution is 2.50. The van der Waals surface area contributed by atoms with E-state index in [1.165, 1.54) is 4.90 Å². The number of rotatable bonds is 4. The first-order chi connectivity index (χ1) is 14.1. The van der Waals surface area contributed by atoms with Crippen LogP contribution in [0, 0.1) is 0 Å². The Balaban J connectivity index is 1.72. The second-order valence-corrected chi connectivity index (χ2v) is 7.75. The lowest BCUT2D eigenvalue weighted by atomic mass is 9.86. The van der Waals surface area contributed by atoms with Crippen LogP contribution in [0.2, 0.25) is 0 Å². The highest BCUT2D eigenvalue weighted by molar-refractivity contribution is 5.91. The van der Waals surface area contributed by atoms with Crippen molar-refractivity contribution in [2.75, 3.05) is 26.4 Å². The lowest BCUT2D eigenvalue weighted by Gasteiger charge is -2.26. The number of nitrogens with one attached hydrogen (secondary N) is 1. The summed E-state index contributed by atoms with van der Waals surface area (Å²) in [6.07, 6.45) is 3.47. The van der Waals surface area contributed by atoms with Gasteiger partial charge < -0.3 is 19.8 Å². The van der Waals surface area contributed by atoms with E-state index in [-0.39, 0.29) is 5.92 Å². The van der Waals surface area contributed by atoms with E-state index in [1.807, 2.05) is 28.8 Å². The molecule has 0 saturated carbocycles. The molecule has 3 N–H and O–H groups in total. The lowest BCUT2D eigenvalue weighted by molar-refractivity contribution is -0.882. The monoisotopic (exact) mass is 388 g/mol. The number of aromatic nitrogens is 2. The van der Waals surface area contributed by atoms with Crippen molar-refractivity contribution in [2.45, 2.75) is 12.5 Å². The Bertz CT molecular complexity index is 1190. The molecule has 1 aliphatic rings. The van der Waals surface area contributed by atoms with Crippen LogP contribution in [0.15, 0.2) is 65.5 Å². The average Bonchev–Trinajstić information content (AvgIpc) is 3.26. The van der Waals surface area contributed by atoms with Crippen LogP contribution in [0.4, 0.5) is 5.82 Å². The quantitative estimate of drug-likeness (QED) is 0.463. The summed E-state index contributed by atoms with van der Waals surface area (Å²) in [4.78, 5) is 5.99. The van der Waals surface area contributed by atoms with E-state index in [2.05, 4.69) is 43.3 Å². The summed E-state index contributed by atoms with van der Waals surface area (Å²) in [5.74, 6) is 2.69. The minimum absolute atomic E-state index is 0.167. The summed E-state index contributed by atoms with van der Waals surface area (Å²) in [6.45, 7) is 1.73. The summed E-state index contributed by atoms with van der Waals surface area (Å²) >= 11 is 0. The Labute approximate surface area is 169 Å². The van der Waals surface area contributed by atoms with E-state index >= 15 is 0 Å². The maximum absolute atomic E-state index is 6.65. The largest absolute Gasteiger partial charge is 0.468 e. The Morgan fingerprint density at radius 3 is 2.76 bits per heavy atom. The van der Waals surface area contributed by atoms with Gasteiger partial charge in [-0.25, -0.2) is 4.57 Å². The Morgan fingerprint density at radius 2 is 1.97 bits per heavy atom. The predicted octanol–water partition coefficient (Wildman–Crippen LogP) is 2.13. The van der Waals surface area contributed by atoms with Crippen LogP contribution < -0.4 is 19.9 Å². The van der Waals surface area contributed by atoms with Crippen molar-refractivity contribution in [3.05, 3.63) is 78.0 Å². The number of nitrogens with two attached hydrogens (primary N) is 1. The van der Waals surface area contributed by atoms with Crippen LogP contribution in [0.3, 0.4) is 0 Å². The van der Waals surface area contributed by atoms with Crippen LogP contribution in [-0.2, 0) is 6.54 Å². The molecular weight excluding hydrogens is 364 g/mol. The molecule has 4 aromatic rings. The summed E-state index contributed by atoms with van der Waals surface area (Å²) < 4.78 is 14.2. The third-order valence-electron chi connectivity index (χ3n) is 5.52. The van der Waals surface area contributed by atoms with E-state index in [0.717, 1.165) is 46.5 Å². The molecule has 2 aromatic heterocycles. The number of furan rings is 1. The molecule has 146 valence electrons. The topological polar surface area (TPSA) is 69.6 Å². The molecule has 0 spiro atoms. The fourth-order valence-electron chi connectivity index (χ4n) is 4.00. The second-order valence-electron chi connectivity index (χ2n) is 7.75. The summed E-state index contributed by atoms with van der Waals surface area (Å²) in [7, 11) is 4.25. The van der Waals surface area contributed by atoms with Gasteiger partial charge in [-0.1, -0.05) is 41.4 Å². The van der Waals surface area contributed by atoms with Crippen LogP contribution in [0.25, 0.3) is 10.8 Å². The van der Waals surface area contributed by atoms with Crippen LogP contribution in [0.5, 0.6) is 11.6 Å². The molecule has 29 heavy (non-hydrogen) atoms. The molecular formula is C23H24N4O2+2. The van der Waals surface area contributed by atoms with Crippen LogP contribution in [-0.4, -0.2) is 25.6 Å². The van der Waals surface area contributed by atoms with Gasteiger partial charge >= 0.3 is 5.88 Å². The van der Waals surface area contributed by atoms with Crippen molar-refractivity contribution in [3.8, 4) is 11.6 Å². The van der Waals surface area contributed by atoms with E-state index < -0.39 is 0 Å². The molecule has 6 nitrogen and oxygen atoms in total. The highest BCUT2D eigenvalue weighted by Gasteiger charge is 2.38. The third kappa shape index (κ3) is 2.93. The van der Waals surface area contributed by atoms with Gasteiger partial charge in [0.1, 0.15) is 30.2 Å². The van der Waals surface area contributed by atoms with Crippen molar-refractivity contribution in [3.63, 3.8) is 0 Å². The lowest BCUT2D eigenvalue weighted by Crippen LogP contribution is -3.06. The summed E-state index contributed by atoms with van der Waals surface area (Å²) in [5.41, 5.74) is 8.55. The van der Waals surface area contributed by atoms with Gasteiger partial charge in [0.2, 0.25) is 12.1 Å². The molecule has 0 aliphatic carbocycles. The highest BCUT2D eigenvalue weighted by atomic mass is 16.5. The summed E-state index contributed by atoms with van der Waals surface area (Å²) in [6, 6.07) is 16.3. The van der Waals surface area contributed by atoms with Crippen molar-refractivity contribution >= 4 is 16.6 Å². The molecule has 1 atom stereocenters. The van der Waals surface area contributed by atoms with Gasteiger partial charge in [0.15, 0.2) is 0 Å². The molecule has 6 heteroatoms. The molecule has 0 amide bonds. The van der Waals surface area contributed by atoms with E-state index in [4.69, 9.17) is 14.9 Å². The number of benzene rings is 2. The molecule has 0 fully saturated rings. The molecule has 0 saturated heterocycles. The normalized spacial score (nSPS) is 15.2. The van der Waals surface area contributed by atoms with Crippen molar-refractivity contribution in [1.82, 2.24) is 4.98 Å². The van der Waals surface area contributed by atoms with E-state index in [0.29, 0.717) is 11.7 Å². The number of quaternary nitrogens is 1. The van der Waals surface area contributed by atoms with Crippen molar-refractivity contribution in [2.24, 2.45) is 0 Å². The molecule has 5 rings (SSSR count). The third-order valence-corrected chi connectivity index (χ3v) is 5.52.